The lowest BCUT2D eigenvalue weighted by Crippen LogP contribution is -2.28. The third-order valence-corrected chi connectivity index (χ3v) is 5.26. The Balaban J connectivity index is 1.81. The minimum Gasteiger partial charge on any atom is -0.496 e. The van der Waals surface area contributed by atoms with Gasteiger partial charge in [-0.3, -0.25) is 9.59 Å². The molecular formula is C23H27N3O3. The zero-order valence-electron chi connectivity index (χ0n) is 17.6. The molecule has 0 aliphatic heterocycles. The number of para-hydroxylation sites is 1. The number of carbonyl (C=O) groups excluding carboxylic acids is 1. The average Bonchev–Trinajstić information content (AvgIpc) is 2.95. The van der Waals surface area contributed by atoms with Crippen LogP contribution in [0.25, 0.3) is 0 Å². The molecule has 0 unspecified atom stereocenters. The Kier molecular flexibility index (Phi) is 5.92. The van der Waals surface area contributed by atoms with Crippen molar-refractivity contribution < 1.29 is 9.53 Å². The molecule has 1 aromatic carbocycles. The van der Waals surface area contributed by atoms with Crippen molar-refractivity contribution in [2.45, 2.75) is 40.8 Å². The summed E-state index contributed by atoms with van der Waals surface area (Å²) in [6.07, 6.45) is 0. The predicted octanol–water partition coefficient (Wildman–Crippen LogP) is 3.40. The maximum atomic E-state index is 12.8. The van der Waals surface area contributed by atoms with Crippen molar-refractivity contribution in [1.29, 1.82) is 0 Å². The van der Waals surface area contributed by atoms with Crippen molar-refractivity contribution in [3.05, 3.63) is 86.1 Å². The molecule has 0 bridgehead atoms. The zero-order valence-corrected chi connectivity index (χ0v) is 17.6. The Labute approximate surface area is 170 Å². The van der Waals surface area contributed by atoms with Crippen LogP contribution in [0.2, 0.25) is 0 Å². The number of rotatable bonds is 6. The highest BCUT2D eigenvalue weighted by atomic mass is 16.5. The van der Waals surface area contributed by atoms with E-state index in [2.05, 4.69) is 14.9 Å². The molecule has 2 heterocycles. The number of aryl methyl sites for hydroxylation is 3. The number of H-pyrrole nitrogens is 1. The Bertz CT molecular complexity index is 1110. The van der Waals surface area contributed by atoms with Gasteiger partial charge < -0.3 is 19.6 Å². The van der Waals surface area contributed by atoms with Gasteiger partial charge in [0.25, 0.3) is 11.5 Å². The standard InChI is InChI=1S/C23H27N3O3/c1-14-10-15(2)25-23(28)20(14)12-24-22(27)19-11-16(3)26(17(19)4)13-18-8-6-7-9-21(18)29-5/h6-11H,12-13H2,1-5H3,(H,24,27)(H,25,28). The zero-order chi connectivity index (χ0) is 21.1. The van der Waals surface area contributed by atoms with Gasteiger partial charge in [-0.15, -0.1) is 0 Å². The minimum absolute atomic E-state index is 0.163. The molecule has 1 amide bonds. The first-order chi connectivity index (χ1) is 13.8. The molecule has 3 aromatic rings. The highest BCUT2D eigenvalue weighted by Crippen LogP contribution is 2.22. The highest BCUT2D eigenvalue weighted by molar-refractivity contribution is 5.95. The number of methoxy groups -OCH3 is 1. The van der Waals surface area contributed by atoms with E-state index in [0.717, 1.165) is 34.0 Å². The highest BCUT2D eigenvalue weighted by Gasteiger charge is 2.17. The van der Waals surface area contributed by atoms with Gasteiger partial charge in [0.2, 0.25) is 0 Å². The lowest BCUT2D eigenvalue weighted by molar-refractivity contribution is 0.0950. The number of hydrogen-bond acceptors (Lipinski definition) is 3. The van der Waals surface area contributed by atoms with Crippen molar-refractivity contribution in [3.8, 4) is 5.75 Å². The van der Waals surface area contributed by atoms with Crippen LogP contribution in [0, 0.1) is 27.7 Å². The summed E-state index contributed by atoms with van der Waals surface area (Å²) in [4.78, 5) is 27.8. The lowest BCUT2D eigenvalue weighted by Gasteiger charge is -2.13. The number of aromatic amines is 1. The van der Waals surface area contributed by atoms with E-state index in [0.29, 0.717) is 17.7 Å². The largest absolute Gasteiger partial charge is 0.496 e. The fourth-order valence-corrected chi connectivity index (χ4v) is 3.64. The topological polar surface area (TPSA) is 76.1 Å². The van der Waals surface area contributed by atoms with E-state index < -0.39 is 0 Å². The molecule has 0 atom stereocenters. The van der Waals surface area contributed by atoms with Gasteiger partial charge in [0.1, 0.15) is 5.75 Å². The predicted molar refractivity (Wildman–Crippen MR) is 114 cm³/mol. The molecule has 152 valence electrons. The van der Waals surface area contributed by atoms with Crippen LogP contribution in [-0.4, -0.2) is 22.6 Å². The third kappa shape index (κ3) is 4.26. The summed E-state index contributed by atoms with van der Waals surface area (Å²) in [6, 6.07) is 11.6. The lowest BCUT2D eigenvalue weighted by atomic mass is 10.1. The van der Waals surface area contributed by atoms with Crippen molar-refractivity contribution in [3.63, 3.8) is 0 Å². The molecule has 6 heteroatoms. The van der Waals surface area contributed by atoms with Crippen LogP contribution in [0.5, 0.6) is 5.75 Å². The van der Waals surface area contributed by atoms with Crippen LogP contribution < -0.4 is 15.6 Å². The Morgan fingerprint density at radius 1 is 1.14 bits per heavy atom. The molecule has 0 saturated heterocycles. The number of pyridine rings is 1. The van der Waals surface area contributed by atoms with E-state index in [1.807, 2.05) is 64.1 Å². The van der Waals surface area contributed by atoms with Crippen LogP contribution >= 0.6 is 0 Å². The van der Waals surface area contributed by atoms with Gasteiger partial charge in [-0.25, -0.2) is 0 Å². The minimum atomic E-state index is -0.191. The molecule has 0 aliphatic rings. The summed E-state index contributed by atoms with van der Waals surface area (Å²) in [5.41, 5.74) is 5.61. The number of benzene rings is 1. The molecule has 0 fully saturated rings. The van der Waals surface area contributed by atoms with Gasteiger partial charge >= 0.3 is 0 Å². The first kappa shape index (κ1) is 20.5. The number of hydrogen-bond donors (Lipinski definition) is 2. The van der Waals surface area contributed by atoms with Crippen LogP contribution in [-0.2, 0) is 13.1 Å². The van der Waals surface area contributed by atoms with E-state index >= 15 is 0 Å². The SMILES string of the molecule is COc1ccccc1Cn1c(C)cc(C(=O)NCc2c(C)cc(C)[nH]c2=O)c1C. The molecule has 2 N–H and O–H groups in total. The molecule has 6 nitrogen and oxygen atoms in total. The normalized spacial score (nSPS) is 10.8. The van der Waals surface area contributed by atoms with E-state index in [1.54, 1.807) is 7.11 Å². The summed E-state index contributed by atoms with van der Waals surface area (Å²) >= 11 is 0. The van der Waals surface area contributed by atoms with Gasteiger partial charge in [0.15, 0.2) is 0 Å². The van der Waals surface area contributed by atoms with Crippen LogP contribution in [0.1, 0.15) is 44.1 Å². The first-order valence-corrected chi connectivity index (χ1v) is 9.58. The maximum absolute atomic E-state index is 12.8. The van der Waals surface area contributed by atoms with E-state index in [1.165, 1.54) is 0 Å². The molecular weight excluding hydrogens is 366 g/mol. The van der Waals surface area contributed by atoms with Gasteiger partial charge in [-0.05, 0) is 51.5 Å². The van der Waals surface area contributed by atoms with Gasteiger partial charge in [-0.1, -0.05) is 18.2 Å². The molecule has 3 rings (SSSR count). The Morgan fingerprint density at radius 2 is 1.86 bits per heavy atom. The number of aromatic nitrogens is 2. The van der Waals surface area contributed by atoms with Crippen molar-refractivity contribution in [2.75, 3.05) is 7.11 Å². The van der Waals surface area contributed by atoms with Gasteiger partial charge in [0, 0.05) is 34.8 Å². The summed E-state index contributed by atoms with van der Waals surface area (Å²) in [6.45, 7) is 8.44. The van der Waals surface area contributed by atoms with Crippen molar-refractivity contribution >= 4 is 5.91 Å². The number of carbonyl (C=O) groups is 1. The quantitative estimate of drug-likeness (QED) is 0.674. The first-order valence-electron chi connectivity index (χ1n) is 9.58. The fourth-order valence-electron chi connectivity index (χ4n) is 3.64. The second kappa shape index (κ2) is 8.39. The molecule has 2 aromatic heterocycles. The summed E-state index contributed by atoms with van der Waals surface area (Å²) < 4.78 is 7.54. The van der Waals surface area contributed by atoms with Crippen LogP contribution in [0.15, 0.2) is 41.2 Å². The maximum Gasteiger partial charge on any atom is 0.253 e. The average molecular weight is 393 g/mol. The third-order valence-electron chi connectivity index (χ3n) is 5.26. The summed E-state index contributed by atoms with van der Waals surface area (Å²) in [7, 11) is 1.65. The Hall–Kier alpha value is -3.28. The van der Waals surface area contributed by atoms with E-state index in [-0.39, 0.29) is 18.0 Å². The Morgan fingerprint density at radius 3 is 2.55 bits per heavy atom. The van der Waals surface area contributed by atoms with E-state index in [4.69, 9.17) is 4.74 Å². The molecule has 0 saturated carbocycles. The van der Waals surface area contributed by atoms with Crippen LogP contribution in [0.4, 0.5) is 0 Å². The number of nitrogens with one attached hydrogen (secondary N) is 2. The fraction of sp³-hybridized carbons (Fsp3) is 0.304. The van der Waals surface area contributed by atoms with Gasteiger partial charge in [-0.2, -0.15) is 0 Å². The van der Waals surface area contributed by atoms with Crippen molar-refractivity contribution in [1.82, 2.24) is 14.9 Å². The molecule has 0 aliphatic carbocycles. The van der Waals surface area contributed by atoms with Crippen LogP contribution in [0.3, 0.4) is 0 Å². The summed E-state index contributed by atoms with van der Waals surface area (Å²) in [5, 5.41) is 2.89. The molecule has 29 heavy (non-hydrogen) atoms. The second-order valence-electron chi connectivity index (χ2n) is 7.31. The number of ether oxygens (including phenoxy) is 1. The van der Waals surface area contributed by atoms with Gasteiger partial charge in [0.05, 0.1) is 19.2 Å². The van der Waals surface area contributed by atoms with E-state index in [9.17, 15) is 9.59 Å². The second-order valence-corrected chi connectivity index (χ2v) is 7.31. The monoisotopic (exact) mass is 393 g/mol. The molecule has 0 radical (unpaired) electrons. The molecule has 0 spiro atoms. The number of amides is 1. The number of nitrogens with zero attached hydrogens (tertiary/aromatic N) is 1. The summed E-state index contributed by atoms with van der Waals surface area (Å²) in [5.74, 6) is 0.629. The van der Waals surface area contributed by atoms with Crippen molar-refractivity contribution in [2.24, 2.45) is 0 Å². The smallest absolute Gasteiger partial charge is 0.253 e.